The van der Waals surface area contributed by atoms with E-state index < -0.39 is 0 Å². The molecule has 5 heteroatoms. The molecule has 1 fully saturated rings. The highest BCUT2D eigenvalue weighted by Crippen LogP contribution is 2.22. The standard InChI is InChI=1S/C13H19N3O2/c1-18-12-7-3-2-6-11(12)16-13(17)15-10-5-4-8-14-9-10/h2-3,6-7,10,14H,4-5,8-9H2,1H3,(H2,15,16,17)/t10-/m0/s1. The third kappa shape index (κ3) is 3.37. The third-order valence-electron chi connectivity index (χ3n) is 2.99. The average Bonchev–Trinajstić information content (AvgIpc) is 2.40. The summed E-state index contributed by atoms with van der Waals surface area (Å²) < 4.78 is 5.18. The van der Waals surface area contributed by atoms with Gasteiger partial charge in [0.25, 0.3) is 0 Å². The molecule has 0 aromatic heterocycles. The van der Waals surface area contributed by atoms with E-state index in [-0.39, 0.29) is 12.1 Å². The minimum atomic E-state index is -0.187. The summed E-state index contributed by atoms with van der Waals surface area (Å²) in [7, 11) is 1.59. The molecule has 0 spiro atoms. The number of ether oxygens (including phenoxy) is 1. The highest BCUT2D eigenvalue weighted by Gasteiger charge is 2.15. The smallest absolute Gasteiger partial charge is 0.319 e. The van der Waals surface area contributed by atoms with E-state index in [0.29, 0.717) is 11.4 Å². The van der Waals surface area contributed by atoms with Gasteiger partial charge in [-0.15, -0.1) is 0 Å². The van der Waals surface area contributed by atoms with Crippen LogP contribution in [-0.4, -0.2) is 32.3 Å². The number of hydrogen-bond acceptors (Lipinski definition) is 3. The zero-order valence-corrected chi connectivity index (χ0v) is 10.5. The number of carbonyl (C=O) groups is 1. The second-order valence-corrected chi connectivity index (χ2v) is 4.34. The fraction of sp³-hybridized carbons (Fsp3) is 0.462. The van der Waals surface area contributed by atoms with Gasteiger partial charge in [-0.3, -0.25) is 0 Å². The van der Waals surface area contributed by atoms with Crippen LogP contribution in [0.5, 0.6) is 5.75 Å². The molecule has 0 aliphatic carbocycles. The Kier molecular flexibility index (Phi) is 4.41. The molecule has 0 unspecified atom stereocenters. The Morgan fingerprint density at radius 1 is 1.44 bits per heavy atom. The summed E-state index contributed by atoms with van der Waals surface area (Å²) in [6.45, 7) is 1.87. The second-order valence-electron chi connectivity index (χ2n) is 4.34. The predicted molar refractivity (Wildman–Crippen MR) is 71.0 cm³/mol. The predicted octanol–water partition coefficient (Wildman–Crippen LogP) is 1.57. The second kappa shape index (κ2) is 6.26. The van der Waals surface area contributed by atoms with Gasteiger partial charge in [-0.2, -0.15) is 0 Å². The number of nitrogens with one attached hydrogen (secondary N) is 3. The van der Waals surface area contributed by atoms with Crippen molar-refractivity contribution in [3.8, 4) is 5.75 Å². The van der Waals surface area contributed by atoms with Crippen LogP contribution in [0.4, 0.5) is 10.5 Å². The molecule has 1 atom stereocenters. The maximum atomic E-state index is 11.8. The summed E-state index contributed by atoms with van der Waals surface area (Å²) in [5.41, 5.74) is 0.682. The van der Waals surface area contributed by atoms with Gasteiger partial charge in [0.05, 0.1) is 12.8 Å². The molecule has 98 valence electrons. The number of piperidine rings is 1. The van der Waals surface area contributed by atoms with Crippen molar-refractivity contribution in [1.29, 1.82) is 0 Å². The van der Waals surface area contributed by atoms with Crippen LogP contribution in [0.3, 0.4) is 0 Å². The van der Waals surface area contributed by atoms with Crippen LogP contribution in [0.15, 0.2) is 24.3 Å². The van der Waals surface area contributed by atoms with E-state index in [1.807, 2.05) is 24.3 Å². The normalized spacial score (nSPS) is 19.1. The molecular formula is C13H19N3O2. The van der Waals surface area contributed by atoms with Crippen molar-refractivity contribution in [2.45, 2.75) is 18.9 Å². The van der Waals surface area contributed by atoms with Crippen molar-refractivity contribution in [3.63, 3.8) is 0 Å². The highest BCUT2D eigenvalue weighted by atomic mass is 16.5. The summed E-state index contributed by atoms with van der Waals surface area (Å²) in [6.07, 6.45) is 2.12. The van der Waals surface area contributed by atoms with Crippen LogP contribution >= 0.6 is 0 Å². The molecule has 0 saturated carbocycles. The lowest BCUT2D eigenvalue weighted by atomic mass is 10.1. The Morgan fingerprint density at radius 3 is 3.00 bits per heavy atom. The Morgan fingerprint density at radius 2 is 2.28 bits per heavy atom. The number of rotatable bonds is 3. The van der Waals surface area contributed by atoms with Crippen molar-refractivity contribution in [2.75, 3.05) is 25.5 Å². The zero-order chi connectivity index (χ0) is 12.8. The van der Waals surface area contributed by atoms with Crippen molar-refractivity contribution >= 4 is 11.7 Å². The number of urea groups is 1. The first-order valence-corrected chi connectivity index (χ1v) is 6.21. The van der Waals surface area contributed by atoms with Gasteiger partial charge in [-0.05, 0) is 31.5 Å². The molecule has 3 N–H and O–H groups in total. The van der Waals surface area contributed by atoms with Gasteiger partial charge in [0.15, 0.2) is 0 Å². The van der Waals surface area contributed by atoms with E-state index >= 15 is 0 Å². The lowest BCUT2D eigenvalue weighted by molar-refractivity contribution is 0.245. The summed E-state index contributed by atoms with van der Waals surface area (Å²) >= 11 is 0. The van der Waals surface area contributed by atoms with E-state index in [9.17, 15) is 4.79 Å². The van der Waals surface area contributed by atoms with Gasteiger partial charge in [0.2, 0.25) is 0 Å². The van der Waals surface area contributed by atoms with E-state index in [1.54, 1.807) is 7.11 Å². The molecule has 1 aromatic carbocycles. The molecule has 1 aromatic rings. The largest absolute Gasteiger partial charge is 0.495 e. The minimum absolute atomic E-state index is 0.187. The van der Waals surface area contributed by atoms with E-state index in [4.69, 9.17) is 4.74 Å². The fourth-order valence-corrected chi connectivity index (χ4v) is 2.07. The van der Waals surface area contributed by atoms with E-state index in [1.165, 1.54) is 0 Å². The quantitative estimate of drug-likeness (QED) is 0.762. The molecule has 5 nitrogen and oxygen atoms in total. The molecule has 18 heavy (non-hydrogen) atoms. The number of carbonyl (C=O) groups excluding carboxylic acids is 1. The van der Waals surface area contributed by atoms with Gasteiger partial charge < -0.3 is 20.7 Å². The topological polar surface area (TPSA) is 62.4 Å². The molecule has 0 bridgehead atoms. The van der Waals surface area contributed by atoms with Gasteiger partial charge in [0, 0.05) is 12.6 Å². The number of para-hydroxylation sites is 2. The number of methoxy groups -OCH3 is 1. The summed E-state index contributed by atoms with van der Waals surface area (Å²) in [4.78, 5) is 11.8. The number of benzene rings is 1. The molecule has 1 saturated heterocycles. The molecule has 1 aliphatic rings. The number of hydrogen-bond donors (Lipinski definition) is 3. The molecule has 0 radical (unpaired) electrons. The number of anilines is 1. The highest BCUT2D eigenvalue weighted by molar-refractivity contribution is 5.91. The molecule has 2 rings (SSSR count). The first kappa shape index (κ1) is 12.7. The third-order valence-corrected chi connectivity index (χ3v) is 2.99. The molecule has 1 aliphatic heterocycles. The minimum Gasteiger partial charge on any atom is -0.495 e. The first-order valence-electron chi connectivity index (χ1n) is 6.21. The maximum Gasteiger partial charge on any atom is 0.319 e. The first-order chi connectivity index (χ1) is 8.79. The van der Waals surface area contributed by atoms with Crippen LogP contribution in [0.25, 0.3) is 0 Å². The summed E-state index contributed by atoms with van der Waals surface area (Å²) in [6, 6.07) is 7.38. The zero-order valence-electron chi connectivity index (χ0n) is 10.5. The van der Waals surface area contributed by atoms with Crippen LogP contribution in [0, 0.1) is 0 Å². The van der Waals surface area contributed by atoms with Gasteiger partial charge in [-0.1, -0.05) is 12.1 Å². The van der Waals surface area contributed by atoms with Gasteiger partial charge in [-0.25, -0.2) is 4.79 Å². The Labute approximate surface area is 107 Å². The van der Waals surface area contributed by atoms with Crippen LogP contribution in [0.2, 0.25) is 0 Å². The molecule has 2 amide bonds. The number of amides is 2. The van der Waals surface area contributed by atoms with Crippen molar-refractivity contribution < 1.29 is 9.53 Å². The Balaban J connectivity index is 1.90. The monoisotopic (exact) mass is 249 g/mol. The van der Waals surface area contributed by atoms with Crippen LogP contribution in [0.1, 0.15) is 12.8 Å². The van der Waals surface area contributed by atoms with Gasteiger partial charge in [0.1, 0.15) is 5.75 Å². The average molecular weight is 249 g/mol. The van der Waals surface area contributed by atoms with Crippen molar-refractivity contribution in [3.05, 3.63) is 24.3 Å². The van der Waals surface area contributed by atoms with E-state index in [2.05, 4.69) is 16.0 Å². The summed E-state index contributed by atoms with van der Waals surface area (Å²) in [5, 5.41) is 9.02. The Hall–Kier alpha value is -1.75. The summed E-state index contributed by atoms with van der Waals surface area (Å²) in [5.74, 6) is 0.661. The van der Waals surface area contributed by atoms with E-state index in [0.717, 1.165) is 25.9 Å². The van der Waals surface area contributed by atoms with Gasteiger partial charge >= 0.3 is 6.03 Å². The molecular weight excluding hydrogens is 230 g/mol. The van der Waals surface area contributed by atoms with Crippen LogP contribution < -0.4 is 20.7 Å². The van der Waals surface area contributed by atoms with Crippen LogP contribution in [-0.2, 0) is 0 Å². The Bertz CT molecular complexity index is 403. The lowest BCUT2D eigenvalue weighted by Gasteiger charge is -2.24. The van der Waals surface area contributed by atoms with Crippen molar-refractivity contribution in [2.24, 2.45) is 0 Å². The SMILES string of the molecule is COc1ccccc1NC(=O)N[C@H]1CCCNC1. The fourth-order valence-electron chi connectivity index (χ4n) is 2.07. The molecule has 1 heterocycles. The maximum absolute atomic E-state index is 11.8. The lowest BCUT2D eigenvalue weighted by Crippen LogP contribution is -2.47. The van der Waals surface area contributed by atoms with Crippen molar-refractivity contribution in [1.82, 2.24) is 10.6 Å².